The molecule has 0 aliphatic heterocycles. The summed E-state index contributed by atoms with van der Waals surface area (Å²) in [5.74, 6) is 0. The molecular formula is C56H37N. The average molecular weight is 733 g/mol. The molecule has 0 fully saturated rings. The highest BCUT2D eigenvalue weighted by molar-refractivity contribution is 6.15. The molecule has 11 aromatic carbocycles. The van der Waals surface area contributed by atoms with Crippen LogP contribution in [-0.4, -0.2) is 0 Å². The van der Waals surface area contributed by atoms with Crippen LogP contribution in [0.3, 0.4) is 0 Å². The minimum atomic E-state index is -0.467. The topological polar surface area (TPSA) is 3.24 Å². The molecule has 0 saturated carbocycles. The molecule has 0 radical (unpaired) electrons. The zero-order valence-corrected chi connectivity index (χ0v) is 30.6. The van der Waals surface area contributed by atoms with Gasteiger partial charge < -0.3 is 4.90 Å². The Hall–Kier alpha value is -7.48. The summed E-state index contributed by atoms with van der Waals surface area (Å²) in [6, 6.07) is 52.7. The Morgan fingerprint density at radius 3 is 1.51 bits per heavy atom. The molecular weight excluding hydrogens is 687 g/mol. The van der Waals surface area contributed by atoms with Gasteiger partial charge in [0.15, 0.2) is 0 Å². The van der Waals surface area contributed by atoms with Crippen LogP contribution in [-0.2, 0) is 0 Å². The Morgan fingerprint density at radius 2 is 0.842 bits per heavy atom. The molecule has 0 bridgehead atoms. The Balaban J connectivity index is 1.16. The van der Waals surface area contributed by atoms with E-state index in [-0.39, 0.29) is 53.1 Å². The van der Waals surface area contributed by atoms with Crippen molar-refractivity contribution in [2.24, 2.45) is 0 Å². The van der Waals surface area contributed by atoms with Gasteiger partial charge in [-0.1, -0.05) is 170 Å². The van der Waals surface area contributed by atoms with Gasteiger partial charge in [-0.3, -0.25) is 0 Å². The van der Waals surface area contributed by atoms with Gasteiger partial charge in [0.2, 0.25) is 0 Å². The molecule has 57 heavy (non-hydrogen) atoms. The van der Waals surface area contributed by atoms with Crippen LogP contribution in [0.5, 0.6) is 0 Å². The molecule has 0 atom stereocenters. The summed E-state index contributed by atoms with van der Waals surface area (Å²) in [6.45, 7) is 0. The maximum Gasteiger partial charge on any atom is 0.0645 e. The van der Waals surface area contributed by atoms with Crippen molar-refractivity contribution in [3.8, 4) is 33.4 Å². The highest BCUT2D eigenvalue weighted by atomic mass is 15.1. The summed E-state index contributed by atoms with van der Waals surface area (Å²) in [5, 5.41) is 9.58. The Morgan fingerprint density at radius 1 is 0.281 bits per heavy atom. The zero-order valence-electron chi connectivity index (χ0n) is 39.6. The van der Waals surface area contributed by atoms with E-state index in [1.807, 2.05) is 127 Å². The SMILES string of the molecule is [2H]c1c([2H])c([2H])c(-c2ccc3ccc(N(c4cccc(-c5cc6ccccc6c6ccccc56)c4)c4c([2H])c([2H])c(-c5cc6ccccc6c6ccccc56)c([2H])c4[2H])cc3c2)c([2H])c1[2H]. The van der Waals surface area contributed by atoms with E-state index in [1.54, 1.807) is 17.0 Å². The maximum atomic E-state index is 9.83. The fraction of sp³-hybridized carbons (Fsp3) is 0. The van der Waals surface area contributed by atoms with E-state index < -0.39 is 18.1 Å². The third kappa shape index (κ3) is 5.80. The Kier molecular flexibility index (Phi) is 5.96. The second kappa shape index (κ2) is 13.7. The van der Waals surface area contributed by atoms with Crippen LogP contribution in [0.15, 0.2) is 224 Å². The largest absolute Gasteiger partial charge is 0.310 e. The van der Waals surface area contributed by atoms with Crippen LogP contribution in [0, 0.1) is 0 Å². The van der Waals surface area contributed by atoms with Gasteiger partial charge in [0.25, 0.3) is 0 Å². The summed E-state index contributed by atoms with van der Waals surface area (Å²) < 4.78 is 81.3. The van der Waals surface area contributed by atoms with Gasteiger partial charge in [-0.05, 0) is 142 Å². The van der Waals surface area contributed by atoms with E-state index in [0.717, 1.165) is 59.6 Å². The van der Waals surface area contributed by atoms with Crippen molar-refractivity contribution in [1.82, 2.24) is 0 Å². The highest BCUT2D eigenvalue weighted by Gasteiger charge is 2.17. The van der Waals surface area contributed by atoms with E-state index in [9.17, 15) is 5.48 Å². The molecule has 0 N–H and O–H groups in total. The van der Waals surface area contributed by atoms with E-state index in [1.165, 1.54) is 0 Å². The fourth-order valence-corrected chi connectivity index (χ4v) is 8.25. The lowest BCUT2D eigenvalue weighted by Gasteiger charge is -2.27. The highest BCUT2D eigenvalue weighted by Crippen LogP contribution is 2.42. The average Bonchev–Trinajstić information content (AvgIpc) is 3.35. The normalized spacial score (nSPS) is 13.7. The van der Waals surface area contributed by atoms with Gasteiger partial charge in [-0.15, -0.1) is 0 Å². The van der Waals surface area contributed by atoms with Crippen molar-refractivity contribution in [2.45, 2.75) is 0 Å². The monoisotopic (exact) mass is 732 g/mol. The molecule has 11 aromatic rings. The molecule has 0 amide bonds. The summed E-state index contributed by atoms with van der Waals surface area (Å²) >= 11 is 0. The molecule has 1 nitrogen and oxygen atoms in total. The number of hydrogen-bond acceptors (Lipinski definition) is 1. The summed E-state index contributed by atoms with van der Waals surface area (Å²) in [4.78, 5) is 1.77. The number of benzene rings is 11. The van der Waals surface area contributed by atoms with Crippen LogP contribution in [0.1, 0.15) is 12.3 Å². The third-order valence-corrected chi connectivity index (χ3v) is 10.9. The van der Waals surface area contributed by atoms with Crippen molar-refractivity contribution in [2.75, 3.05) is 4.90 Å². The van der Waals surface area contributed by atoms with Crippen molar-refractivity contribution in [3.63, 3.8) is 0 Å². The van der Waals surface area contributed by atoms with Gasteiger partial charge >= 0.3 is 0 Å². The lowest BCUT2D eigenvalue weighted by atomic mass is 9.92. The molecule has 11 rings (SSSR count). The predicted molar refractivity (Wildman–Crippen MR) is 245 cm³/mol. The minimum absolute atomic E-state index is 0.0560. The number of hydrogen-bond donors (Lipinski definition) is 0. The van der Waals surface area contributed by atoms with Crippen LogP contribution in [0.4, 0.5) is 17.1 Å². The lowest BCUT2D eigenvalue weighted by molar-refractivity contribution is 1.29. The van der Waals surface area contributed by atoms with Crippen molar-refractivity contribution in [1.29, 1.82) is 0 Å². The standard InChI is InChI=1S/C56H37N/c1-2-13-38(14-3-1)41-26-25-39-27-32-48(35-45(39)33-41)57(46-30-28-40(29-31-46)55-36-43-15-4-6-19-49(43)51-21-8-10-23-53(51)55)47-18-12-17-42(34-47)56-37-44-16-5-7-20-50(44)52-22-9-11-24-54(52)56/h1-37H/i1D,2D,3D,13D,14D,28D,29D,30D,31D. The van der Waals surface area contributed by atoms with Crippen molar-refractivity contribution in [3.05, 3.63) is 224 Å². The van der Waals surface area contributed by atoms with Crippen LogP contribution in [0.25, 0.3) is 87.2 Å². The lowest BCUT2D eigenvalue weighted by Crippen LogP contribution is -2.10. The number of nitrogens with zero attached hydrogens (tertiary/aromatic N) is 1. The van der Waals surface area contributed by atoms with Gasteiger partial charge in [0, 0.05) is 17.1 Å². The Bertz CT molecular complexity index is 3790. The maximum absolute atomic E-state index is 9.83. The van der Waals surface area contributed by atoms with Crippen molar-refractivity contribution < 1.29 is 12.3 Å². The van der Waals surface area contributed by atoms with E-state index in [2.05, 4.69) is 30.3 Å². The van der Waals surface area contributed by atoms with E-state index >= 15 is 0 Å². The number of fused-ring (bicyclic) bond motifs is 7. The summed E-state index contributed by atoms with van der Waals surface area (Å²) in [6.07, 6.45) is 0. The third-order valence-electron chi connectivity index (χ3n) is 10.9. The molecule has 0 heterocycles. The molecule has 1 heteroatoms. The second-order valence-corrected chi connectivity index (χ2v) is 14.2. The predicted octanol–water partition coefficient (Wildman–Crippen LogP) is 15.9. The van der Waals surface area contributed by atoms with Gasteiger partial charge in [0.1, 0.15) is 0 Å². The molecule has 0 saturated heterocycles. The molecule has 0 aromatic heterocycles. The zero-order chi connectivity index (χ0) is 45.5. The van der Waals surface area contributed by atoms with Crippen LogP contribution >= 0.6 is 0 Å². The molecule has 0 spiro atoms. The molecule has 0 aliphatic carbocycles. The first-order chi connectivity index (χ1) is 32.0. The first-order valence-corrected chi connectivity index (χ1v) is 18.9. The van der Waals surface area contributed by atoms with Gasteiger partial charge in [-0.2, -0.15) is 0 Å². The fourth-order valence-electron chi connectivity index (χ4n) is 8.25. The molecule has 0 unspecified atom stereocenters. The summed E-state index contributed by atoms with van der Waals surface area (Å²) in [5.41, 5.74) is 4.39. The molecule has 0 aliphatic rings. The first-order valence-electron chi connectivity index (χ1n) is 23.4. The smallest absolute Gasteiger partial charge is 0.0645 e. The number of anilines is 3. The first kappa shape index (κ1) is 24.8. The van der Waals surface area contributed by atoms with Crippen molar-refractivity contribution >= 4 is 70.9 Å². The van der Waals surface area contributed by atoms with E-state index in [0.29, 0.717) is 27.9 Å². The quantitative estimate of drug-likeness (QED) is 0.154. The summed E-state index contributed by atoms with van der Waals surface area (Å²) in [7, 11) is 0. The van der Waals surface area contributed by atoms with E-state index in [4.69, 9.17) is 6.85 Å². The molecule has 266 valence electrons. The van der Waals surface area contributed by atoms with Gasteiger partial charge in [0.05, 0.1) is 12.3 Å². The number of rotatable bonds is 6. The van der Waals surface area contributed by atoms with Gasteiger partial charge in [-0.25, -0.2) is 0 Å². The second-order valence-electron chi connectivity index (χ2n) is 14.2. The van der Waals surface area contributed by atoms with Crippen LogP contribution < -0.4 is 4.90 Å². The Labute approximate surface area is 345 Å². The van der Waals surface area contributed by atoms with Crippen LogP contribution in [0.2, 0.25) is 0 Å². The minimum Gasteiger partial charge on any atom is -0.310 e.